The van der Waals surface area contributed by atoms with Crippen LogP contribution < -0.4 is 5.32 Å². The smallest absolute Gasteiger partial charge is 0.176 e. The van der Waals surface area contributed by atoms with E-state index in [1.165, 1.54) is 6.92 Å². The van der Waals surface area contributed by atoms with Gasteiger partial charge in [-0.3, -0.25) is 10.1 Å². The molecule has 0 aromatic carbocycles. The van der Waals surface area contributed by atoms with Crippen molar-refractivity contribution in [3.8, 4) is 0 Å². The second-order valence-corrected chi connectivity index (χ2v) is 2.95. The van der Waals surface area contributed by atoms with Crippen LogP contribution in [-0.4, -0.2) is 24.2 Å². The SMILES string of the molecule is CC(=O)[C@@]1(C)N[C@H](C)CO1. The number of Topliss-reactive ketones (excluding diaryl/α,β-unsaturated/α-hetero) is 1. The number of hydrogen-bond acceptors (Lipinski definition) is 3. The largest absolute Gasteiger partial charge is 0.352 e. The van der Waals surface area contributed by atoms with Crippen molar-refractivity contribution in [1.29, 1.82) is 0 Å². The molecular formula is C7H13NO2. The Kier molecular flexibility index (Phi) is 1.79. The summed E-state index contributed by atoms with van der Waals surface area (Å²) in [5.41, 5.74) is -0.723. The molecule has 3 heteroatoms. The molecule has 0 saturated carbocycles. The average Bonchev–Trinajstić information content (AvgIpc) is 2.13. The highest BCUT2D eigenvalue weighted by atomic mass is 16.5. The van der Waals surface area contributed by atoms with Crippen LogP contribution in [0.3, 0.4) is 0 Å². The maximum Gasteiger partial charge on any atom is 0.176 e. The summed E-state index contributed by atoms with van der Waals surface area (Å²) in [6, 6.07) is 0.286. The maximum absolute atomic E-state index is 10.9. The van der Waals surface area contributed by atoms with E-state index in [2.05, 4.69) is 5.32 Å². The van der Waals surface area contributed by atoms with Gasteiger partial charge in [-0.05, 0) is 20.8 Å². The second kappa shape index (κ2) is 2.32. The number of rotatable bonds is 1. The molecule has 1 fully saturated rings. The highest BCUT2D eigenvalue weighted by Crippen LogP contribution is 2.15. The Morgan fingerprint density at radius 2 is 2.40 bits per heavy atom. The van der Waals surface area contributed by atoms with Crippen LogP contribution >= 0.6 is 0 Å². The first kappa shape index (κ1) is 7.69. The number of carbonyl (C=O) groups excluding carboxylic acids is 1. The van der Waals surface area contributed by atoms with Crippen LogP contribution in [0.1, 0.15) is 20.8 Å². The standard InChI is InChI=1S/C7H13NO2/c1-5-4-10-7(3,8-5)6(2)9/h5,8H,4H2,1-3H3/t5-,7+/m1/s1. The summed E-state index contributed by atoms with van der Waals surface area (Å²) in [4.78, 5) is 10.9. The van der Waals surface area contributed by atoms with E-state index in [9.17, 15) is 4.79 Å². The van der Waals surface area contributed by atoms with Gasteiger partial charge in [0.25, 0.3) is 0 Å². The van der Waals surface area contributed by atoms with Gasteiger partial charge in [-0.15, -0.1) is 0 Å². The van der Waals surface area contributed by atoms with E-state index in [1.807, 2.05) is 6.92 Å². The van der Waals surface area contributed by atoms with E-state index in [1.54, 1.807) is 6.92 Å². The molecule has 1 aliphatic heterocycles. The molecule has 0 spiro atoms. The molecule has 1 saturated heterocycles. The molecule has 0 bridgehead atoms. The lowest BCUT2D eigenvalue weighted by molar-refractivity contribution is -0.136. The average molecular weight is 143 g/mol. The minimum absolute atomic E-state index is 0.0388. The van der Waals surface area contributed by atoms with E-state index in [0.29, 0.717) is 6.61 Å². The van der Waals surface area contributed by atoms with Crippen molar-refractivity contribution in [2.75, 3.05) is 6.61 Å². The summed E-state index contributed by atoms with van der Waals surface area (Å²) in [6.07, 6.45) is 0. The van der Waals surface area contributed by atoms with Crippen molar-refractivity contribution in [2.24, 2.45) is 0 Å². The van der Waals surface area contributed by atoms with Crippen LogP contribution in [0.5, 0.6) is 0 Å². The summed E-state index contributed by atoms with van der Waals surface area (Å²) in [5, 5.41) is 3.06. The molecule has 1 aliphatic rings. The maximum atomic E-state index is 10.9. The lowest BCUT2D eigenvalue weighted by Gasteiger charge is -2.19. The van der Waals surface area contributed by atoms with Crippen LogP contribution in [0.4, 0.5) is 0 Å². The third-order valence-electron chi connectivity index (χ3n) is 1.82. The topological polar surface area (TPSA) is 38.3 Å². The Labute approximate surface area is 60.7 Å². The van der Waals surface area contributed by atoms with E-state index >= 15 is 0 Å². The summed E-state index contributed by atoms with van der Waals surface area (Å²) < 4.78 is 5.25. The quantitative estimate of drug-likeness (QED) is 0.573. The third-order valence-corrected chi connectivity index (χ3v) is 1.82. The van der Waals surface area contributed by atoms with Crippen molar-refractivity contribution in [1.82, 2.24) is 5.32 Å². The van der Waals surface area contributed by atoms with Gasteiger partial charge in [0.2, 0.25) is 0 Å². The van der Waals surface area contributed by atoms with E-state index < -0.39 is 5.72 Å². The predicted octanol–water partition coefficient (Wildman–Crippen LogP) is 0.300. The van der Waals surface area contributed by atoms with E-state index in [0.717, 1.165) is 0 Å². The number of ether oxygens (including phenoxy) is 1. The number of hydrogen-bond donors (Lipinski definition) is 1. The summed E-state index contributed by atoms with van der Waals surface area (Å²) in [7, 11) is 0. The summed E-state index contributed by atoms with van der Waals surface area (Å²) in [5.74, 6) is 0.0388. The van der Waals surface area contributed by atoms with Gasteiger partial charge in [0.05, 0.1) is 6.61 Å². The lowest BCUT2D eigenvalue weighted by atomic mass is 10.2. The fourth-order valence-corrected chi connectivity index (χ4v) is 1.05. The molecule has 0 radical (unpaired) electrons. The van der Waals surface area contributed by atoms with E-state index in [4.69, 9.17) is 4.74 Å². The molecule has 0 aromatic rings. The zero-order chi connectivity index (χ0) is 7.78. The Balaban J connectivity index is 2.63. The fourth-order valence-electron chi connectivity index (χ4n) is 1.05. The summed E-state index contributed by atoms with van der Waals surface area (Å²) in [6.45, 7) is 5.91. The summed E-state index contributed by atoms with van der Waals surface area (Å²) >= 11 is 0. The van der Waals surface area contributed by atoms with Gasteiger partial charge < -0.3 is 4.74 Å². The molecule has 0 aromatic heterocycles. The highest BCUT2D eigenvalue weighted by molar-refractivity contribution is 5.84. The molecule has 58 valence electrons. The second-order valence-electron chi connectivity index (χ2n) is 2.95. The monoisotopic (exact) mass is 143 g/mol. The number of carbonyl (C=O) groups is 1. The first-order chi connectivity index (χ1) is 4.54. The minimum Gasteiger partial charge on any atom is -0.352 e. The molecule has 0 amide bonds. The highest BCUT2D eigenvalue weighted by Gasteiger charge is 2.37. The van der Waals surface area contributed by atoms with Crippen LogP contribution in [0.25, 0.3) is 0 Å². The van der Waals surface area contributed by atoms with Crippen molar-refractivity contribution < 1.29 is 9.53 Å². The van der Waals surface area contributed by atoms with E-state index in [-0.39, 0.29) is 11.8 Å². The predicted molar refractivity (Wildman–Crippen MR) is 37.6 cm³/mol. The van der Waals surface area contributed by atoms with Crippen LogP contribution in [0, 0.1) is 0 Å². The molecule has 1 rings (SSSR count). The Hall–Kier alpha value is -0.410. The Bertz CT molecular complexity index is 158. The molecular weight excluding hydrogens is 130 g/mol. The van der Waals surface area contributed by atoms with Crippen LogP contribution in [-0.2, 0) is 9.53 Å². The van der Waals surface area contributed by atoms with Crippen LogP contribution in [0.15, 0.2) is 0 Å². The zero-order valence-corrected chi connectivity index (χ0v) is 6.60. The fraction of sp³-hybridized carbons (Fsp3) is 0.857. The van der Waals surface area contributed by atoms with Crippen molar-refractivity contribution >= 4 is 5.78 Å². The third kappa shape index (κ3) is 1.20. The van der Waals surface area contributed by atoms with Gasteiger partial charge in [0, 0.05) is 6.04 Å². The normalized spacial score (nSPS) is 40.1. The lowest BCUT2D eigenvalue weighted by Crippen LogP contribution is -2.46. The van der Waals surface area contributed by atoms with Gasteiger partial charge in [0.1, 0.15) is 0 Å². The van der Waals surface area contributed by atoms with Gasteiger partial charge in [-0.2, -0.15) is 0 Å². The first-order valence-electron chi connectivity index (χ1n) is 3.47. The van der Waals surface area contributed by atoms with Gasteiger partial charge >= 0.3 is 0 Å². The zero-order valence-electron chi connectivity index (χ0n) is 6.60. The molecule has 0 unspecified atom stereocenters. The molecule has 10 heavy (non-hydrogen) atoms. The molecule has 0 aliphatic carbocycles. The van der Waals surface area contributed by atoms with Crippen molar-refractivity contribution in [3.05, 3.63) is 0 Å². The van der Waals surface area contributed by atoms with Gasteiger partial charge in [-0.1, -0.05) is 0 Å². The Morgan fingerprint density at radius 3 is 2.60 bits per heavy atom. The molecule has 1 heterocycles. The van der Waals surface area contributed by atoms with Gasteiger partial charge in [0.15, 0.2) is 11.5 Å². The first-order valence-corrected chi connectivity index (χ1v) is 3.47. The minimum atomic E-state index is -0.723. The molecule has 1 N–H and O–H groups in total. The molecule has 3 nitrogen and oxygen atoms in total. The van der Waals surface area contributed by atoms with Crippen LogP contribution in [0.2, 0.25) is 0 Å². The molecule has 2 atom stereocenters. The van der Waals surface area contributed by atoms with Crippen molar-refractivity contribution in [2.45, 2.75) is 32.5 Å². The Morgan fingerprint density at radius 1 is 1.80 bits per heavy atom. The number of nitrogens with one attached hydrogen (secondary N) is 1. The van der Waals surface area contributed by atoms with Gasteiger partial charge in [-0.25, -0.2) is 0 Å². The van der Waals surface area contributed by atoms with Crippen molar-refractivity contribution in [3.63, 3.8) is 0 Å². The number of ketones is 1.